The Bertz CT molecular complexity index is 618. The van der Waals surface area contributed by atoms with E-state index in [0.29, 0.717) is 5.56 Å². The number of hydrogen-bond donors (Lipinski definition) is 1. The summed E-state index contributed by atoms with van der Waals surface area (Å²) in [7, 11) is 0. The van der Waals surface area contributed by atoms with Crippen LogP contribution in [0.3, 0.4) is 0 Å². The minimum Gasteiger partial charge on any atom is -0.303 e. The number of halogens is 3. The SMILES string of the molecule is C=CCN1C(=O)N/C(=C/c2ccc(C(F)(F)F)cc2)C1=O. The van der Waals surface area contributed by atoms with Gasteiger partial charge in [-0.1, -0.05) is 18.2 Å². The number of alkyl halides is 3. The van der Waals surface area contributed by atoms with Gasteiger partial charge >= 0.3 is 12.2 Å². The predicted molar refractivity (Wildman–Crippen MR) is 69.9 cm³/mol. The maximum atomic E-state index is 12.4. The lowest BCUT2D eigenvalue weighted by molar-refractivity contribution is -0.137. The van der Waals surface area contributed by atoms with Crippen LogP contribution in [0.25, 0.3) is 6.08 Å². The van der Waals surface area contributed by atoms with Crippen LogP contribution in [-0.2, 0) is 11.0 Å². The van der Waals surface area contributed by atoms with Crippen LogP contribution in [0.1, 0.15) is 11.1 Å². The number of carbonyl (C=O) groups is 2. The minimum atomic E-state index is -4.41. The lowest BCUT2D eigenvalue weighted by Crippen LogP contribution is -2.30. The third-order valence-corrected chi connectivity index (χ3v) is 2.82. The lowest BCUT2D eigenvalue weighted by Gasteiger charge is -2.07. The monoisotopic (exact) mass is 296 g/mol. The van der Waals surface area contributed by atoms with Gasteiger partial charge in [-0.15, -0.1) is 6.58 Å². The molecule has 0 aromatic heterocycles. The molecule has 1 heterocycles. The van der Waals surface area contributed by atoms with Gasteiger partial charge in [-0.25, -0.2) is 4.79 Å². The zero-order chi connectivity index (χ0) is 15.6. The summed E-state index contributed by atoms with van der Waals surface area (Å²) in [6, 6.07) is 3.69. The Labute approximate surface area is 118 Å². The van der Waals surface area contributed by atoms with Crippen molar-refractivity contribution in [3.8, 4) is 0 Å². The molecular formula is C14H11F3N2O2. The fraction of sp³-hybridized carbons (Fsp3) is 0.143. The Morgan fingerprint density at radius 2 is 1.81 bits per heavy atom. The van der Waals surface area contributed by atoms with Crippen LogP contribution in [0.5, 0.6) is 0 Å². The van der Waals surface area contributed by atoms with Crippen LogP contribution in [0.2, 0.25) is 0 Å². The van der Waals surface area contributed by atoms with Crippen molar-refractivity contribution in [2.24, 2.45) is 0 Å². The summed E-state index contributed by atoms with van der Waals surface area (Å²) < 4.78 is 37.3. The molecule has 0 saturated carbocycles. The smallest absolute Gasteiger partial charge is 0.303 e. The van der Waals surface area contributed by atoms with Crippen LogP contribution in [0.4, 0.5) is 18.0 Å². The van der Waals surface area contributed by atoms with Crippen LogP contribution < -0.4 is 5.32 Å². The Morgan fingerprint density at radius 3 is 2.33 bits per heavy atom. The van der Waals surface area contributed by atoms with Gasteiger partial charge in [0.15, 0.2) is 0 Å². The topological polar surface area (TPSA) is 49.4 Å². The third kappa shape index (κ3) is 3.13. The molecule has 21 heavy (non-hydrogen) atoms. The maximum Gasteiger partial charge on any atom is 0.416 e. The van der Waals surface area contributed by atoms with Crippen molar-refractivity contribution in [2.75, 3.05) is 6.54 Å². The number of benzene rings is 1. The van der Waals surface area contributed by atoms with E-state index in [2.05, 4.69) is 11.9 Å². The minimum absolute atomic E-state index is 0.0154. The zero-order valence-corrected chi connectivity index (χ0v) is 10.8. The second kappa shape index (κ2) is 5.43. The highest BCUT2D eigenvalue weighted by atomic mass is 19.4. The van der Waals surface area contributed by atoms with Crippen LogP contribution in [-0.4, -0.2) is 23.4 Å². The molecule has 1 saturated heterocycles. The summed E-state index contributed by atoms with van der Waals surface area (Å²) >= 11 is 0. The number of nitrogens with zero attached hydrogens (tertiary/aromatic N) is 1. The van der Waals surface area contributed by atoms with E-state index in [9.17, 15) is 22.8 Å². The highest BCUT2D eigenvalue weighted by Gasteiger charge is 2.33. The van der Waals surface area contributed by atoms with Crippen molar-refractivity contribution in [1.82, 2.24) is 10.2 Å². The molecule has 1 aromatic rings. The van der Waals surface area contributed by atoms with Crippen LogP contribution in [0.15, 0.2) is 42.6 Å². The number of imide groups is 1. The summed E-state index contributed by atoms with van der Waals surface area (Å²) in [6.45, 7) is 3.50. The highest BCUT2D eigenvalue weighted by molar-refractivity contribution is 6.14. The number of rotatable bonds is 3. The zero-order valence-electron chi connectivity index (χ0n) is 10.8. The molecular weight excluding hydrogens is 285 g/mol. The van der Waals surface area contributed by atoms with Crippen molar-refractivity contribution in [2.45, 2.75) is 6.18 Å². The average Bonchev–Trinajstić information content (AvgIpc) is 2.66. The number of carbonyl (C=O) groups excluding carboxylic acids is 2. The molecule has 1 aliphatic rings. The van der Waals surface area contributed by atoms with Gasteiger partial charge in [-0.3, -0.25) is 9.69 Å². The Hall–Kier alpha value is -2.57. The fourth-order valence-corrected chi connectivity index (χ4v) is 1.80. The number of nitrogens with one attached hydrogen (secondary N) is 1. The second-order valence-corrected chi connectivity index (χ2v) is 4.31. The van der Waals surface area contributed by atoms with E-state index >= 15 is 0 Å². The number of urea groups is 1. The van der Waals surface area contributed by atoms with E-state index in [4.69, 9.17) is 0 Å². The fourth-order valence-electron chi connectivity index (χ4n) is 1.80. The van der Waals surface area contributed by atoms with Crippen LogP contribution in [0, 0.1) is 0 Å². The number of amides is 3. The molecule has 1 fully saturated rings. The lowest BCUT2D eigenvalue weighted by atomic mass is 10.1. The van der Waals surface area contributed by atoms with Gasteiger partial charge in [-0.05, 0) is 23.8 Å². The Balaban J connectivity index is 2.23. The molecule has 0 atom stereocenters. The first-order valence-corrected chi connectivity index (χ1v) is 5.95. The molecule has 0 unspecified atom stereocenters. The molecule has 0 aliphatic carbocycles. The van der Waals surface area contributed by atoms with Gasteiger partial charge in [0, 0.05) is 6.54 Å². The van der Waals surface area contributed by atoms with E-state index < -0.39 is 23.7 Å². The molecule has 1 N–H and O–H groups in total. The van der Waals surface area contributed by atoms with Gasteiger partial charge in [-0.2, -0.15) is 13.2 Å². The first-order chi connectivity index (χ1) is 9.82. The van der Waals surface area contributed by atoms with Crippen molar-refractivity contribution in [1.29, 1.82) is 0 Å². The molecule has 0 radical (unpaired) electrons. The van der Waals surface area contributed by atoms with Crippen molar-refractivity contribution in [3.63, 3.8) is 0 Å². The summed E-state index contributed by atoms with van der Waals surface area (Å²) in [5, 5.41) is 2.36. The molecule has 0 bridgehead atoms. The number of hydrogen-bond acceptors (Lipinski definition) is 2. The van der Waals surface area contributed by atoms with Gasteiger partial charge in [0.05, 0.1) is 5.56 Å². The average molecular weight is 296 g/mol. The second-order valence-electron chi connectivity index (χ2n) is 4.31. The molecule has 4 nitrogen and oxygen atoms in total. The van der Waals surface area contributed by atoms with E-state index in [1.807, 2.05) is 0 Å². The summed E-state index contributed by atoms with van der Waals surface area (Å²) in [5.74, 6) is -0.542. The molecule has 0 spiro atoms. The van der Waals surface area contributed by atoms with Gasteiger partial charge < -0.3 is 5.32 Å². The molecule has 3 amide bonds. The molecule has 1 aromatic carbocycles. The van der Waals surface area contributed by atoms with E-state index in [-0.39, 0.29) is 12.2 Å². The summed E-state index contributed by atoms with van der Waals surface area (Å²) in [4.78, 5) is 24.3. The van der Waals surface area contributed by atoms with E-state index in [1.165, 1.54) is 24.3 Å². The highest BCUT2D eigenvalue weighted by Crippen LogP contribution is 2.29. The quantitative estimate of drug-likeness (QED) is 0.530. The van der Waals surface area contributed by atoms with Crippen molar-refractivity contribution in [3.05, 3.63) is 53.7 Å². The first kappa shape index (κ1) is 14.8. The molecule has 7 heteroatoms. The molecule has 2 rings (SSSR count). The Kier molecular flexibility index (Phi) is 3.84. The van der Waals surface area contributed by atoms with Gasteiger partial charge in [0.25, 0.3) is 5.91 Å². The van der Waals surface area contributed by atoms with Crippen molar-refractivity contribution < 1.29 is 22.8 Å². The Morgan fingerprint density at radius 1 is 1.19 bits per heavy atom. The normalized spacial score (nSPS) is 17.3. The van der Waals surface area contributed by atoms with Crippen molar-refractivity contribution >= 4 is 18.0 Å². The van der Waals surface area contributed by atoms with Gasteiger partial charge in [0.2, 0.25) is 0 Å². The predicted octanol–water partition coefficient (Wildman–Crippen LogP) is 2.78. The maximum absolute atomic E-state index is 12.4. The molecule has 110 valence electrons. The standard InChI is InChI=1S/C14H11F3N2O2/c1-2-7-19-12(20)11(18-13(19)21)8-9-3-5-10(6-4-9)14(15,16)17/h2-6,8H,1,7H2,(H,18,21)/b11-8+. The van der Waals surface area contributed by atoms with E-state index in [1.54, 1.807) is 0 Å². The summed E-state index contributed by atoms with van der Waals surface area (Å²) in [6.07, 6.45) is -1.69. The van der Waals surface area contributed by atoms with Crippen LogP contribution >= 0.6 is 0 Å². The third-order valence-electron chi connectivity index (χ3n) is 2.82. The van der Waals surface area contributed by atoms with Gasteiger partial charge in [0.1, 0.15) is 5.70 Å². The summed E-state index contributed by atoms with van der Waals surface area (Å²) in [5.41, 5.74) is -0.381. The largest absolute Gasteiger partial charge is 0.416 e. The van der Waals surface area contributed by atoms with E-state index in [0.717, 1.165) is 17.0 Å². The molecule has 1 aliphatic heterocycles. The first-order valence-electron chi connectivity index (χ1n) is 5.95.